The van der Waals surface area contributed by atoms with Crippen molar-refractivity contribution in [1.29, 1.82) is 0 Å². The number of nitrogen functional groups attached to an aromatic ring is 1. The number of amides is 1. The Morgan fingerprint density at radius 2 is 2.19 bits per heavy atom. The molecule has 0 saturated heterocycles. The van der Waals surface area contributed by atoms with Crippen LogP contribution in [0.3, 0.4) is 0 Å². The molecule has 3 rings (SSSR count). The fourth-order valence-electron chi connectivity index (χ4n) is 2.38. The van der Waals surface area contributed by atoms with Crippen LogP contribution >= 0.6 is 11.6 Å². The highest BCUT2D eigenvalue weighted by Gasteiger charge is 2.15. The van der Waals surface area contributed by atoms with Gasteiger partial charge in [0.15, 0.2) is 5.76 Å². The maximum Gasteiger partial charge on any atom is 0.300 e. The van der Waals surface area contributed by atoms with E-state index in [4.69, 9.17) is 21.9 Å². The number of aromatic nitrogens is 1. The summed E-state index contributed by atoms with van der Waals surface area (Å²) in [7, 11) is 0. The average molecular weight is 304 g/mol. The van der Waals surface area contributed by atoms with E-state index in [0.717, 1.165) is 16.5 Å². The molecule has 1 amide bonds. The molecule has 0 unspecified atom stereocenters. The Balaban J connectivity index is 1.99. The van der Waals surface area contributed by atoms with Crippen LogP contribution in [-0.2, 0) is 6.54 Å². The van der Waals surface area contributed by atoms with E-state index in [2.05, 4.69) is 5.43 Å². The Bertz CT molecular complexity index is 820. The number of aryl methyl sites for hydroxylation is 1. The summed E-state index contributed by atoms with van der Waals surface area (Å²) in [4.78, 5) is 11.5. The lowest BCUT2D eigenvalue weighted by atomic mass is 10.2. The Kier molecular flexibility index (Phi) is 3.45. The van der Waals surface area contributed by atoms with E-state index in [1.54, 1.807) is 6.07 Å². The first-order valence-corrected chi connectivity index (χ1v) is 6.81. The summed E-state index contributed by atoms with van der Waals surface area (Å²) >= 11 is 6.24. The van der Waals surface area contributed by atoms with Crippen molar-refractivity contribution in [3.63, 3.8) is 0 Å². The van der Waals surface area contributed by atoms with Crippen LogP contribution in [0.25, 0.3) is 10.9 Å². The van der Waals surface area contributed by atoms with E-state index < -0.39 is 5.91 Å². The molecule has 3 N–H and O–H groups in total. The number of benzene rings is 1. The first kappa shape index (κ1) is 13.7. The van der Waals surface area contributed by atoms with Crippen LogP contribution in [0.2, 0.25) is 5.02 Å². The van der Waals surface area contributed by atoms with Crippen LogP contribution < -0.4 is 11.3 Å². The van der Waals surface area contributed by atoms with Crippen molar-refractivity contribution in [2.45, 2.75) is 13.5 Å². The third-order valence-electron chi connectivity index (χ3n) is 3.46. The van der Waals surface area contributed by atoms with Gasteiger partial charge in [-0.1, -0.05) is 29.8 Å². The number of hydrogen-bond acceptors (Lipinski definition) is 3. The molecule has 0 atom stereocenters. The van der Waals surface area contributed by atoms with Crippen molar-refractivity contribution in [3.05, 3.63) is 58.6 Å². The quantitative estimate of drug-likeness (QED) is 0.444. The van der Waals surface area contributed by atoms with Crippen molar-refractivity contribution in [3.8, 4) is 0 Å². The maximum atomic E-state index is 11.5. The first-order valence-electron chi connectivity index (χ1n) is 6.43. The monoisotopic (exact) mass is 303 g/mol. The second-order valence-corrected chi connectivity index (χ2v) is 5.19. The topological polar surface area (TPSA) is 73.2 Å². The van der Waals surface area contributed by atoms with Gasteiger partial charge in [0.2, 0.25) is 0 Å². The Morgan fingerprint density at radius 3 is 2.95 bits per heavy atom. The number of furan rings is 1. The van der Waals surface area contributed by atoms with Crippen molar-refractivity contribution in [2.75, 3.05) is 0 Å². The SMILES string of the molecule is Cc1oc(C(=O)NN)cc1Cn1cc(Cl)c2ccccc21. The lowest BCUT2D eigenvalue weighted by molar-refractivity contribution is 0.0924. The number of nitrogens with one attached hydrogen (secondary N) is 1. The number of fused-ring (bicyclic) bond motifs is 1. The molecule has 0 fully saturated rings. The Labute approximate surface area is 126 Å². The molecule has 2 heterocycles. The van der Waals surface area contributed by atoms with E-state index >= 15 is 0 Å². The zero-order chi connectivity index (χ0) is 15.0. The van der Waals surface area contributed by atoms with Crippen molar-refractivity contribution < 1.29 is 9.21 Å². The summed E-state index contributed by atoms with van der Waals surface area (Å²) in [5, 5.41) is 1.70. The average Bonchev–Trinajstić information content (AvgIpc) is 3.01. The molecule has 0 aliphatic heterocycles. The molecule has 2 aromatic heterocycles. The molecule has 0 radical (unpaired) electrons. The molecular formula is C15H14ClN3O2. The van der Waals surface area contributed by atoms with Gasteiger partial charge in [-0.2, -0.15) is 0 Å². The third-order valence-corrected chi connectivity index (χ3v) is 3.76. The lowest BCUT2D eigenvalue weighted by Gasteiger charge is -2.03. The molecule has 0 spiro atoms. The highest BCUT2D eigenvalue weighted by Crippen LogP contribution is 2.27. The van der Waals surface area contributed by atoms with Gasteiger partial charge in [-0.15, -0.1) is 0 Å². The molecule has 0 aliphatic carbocycles. The fraction of sp³-hybridized carbons (Fsp3) is 0.133. The smallest absolute Gasteiger partial charge is 0.300 e. The first-order chi connectivity index (χ1) is 10.1. The third kappa shape index (κ3) is 2.41. The fourth-order valence-corrected chi connectivity index (χ4v) is 2.65. The molecular weight excluding hydrogens is 290 g/mol. The van der Waals surface area contributed by atoms with Gasteiger partial charge in [0.1, 0.15) is 5.76 Å². The van der Waals surface area contributed by atoms with E-state index in [0.29, 0.717) is 17.3 Å². The van der Waals surface area contributed by atoms with Gasteiger partial charge < -0.3 is 8.98 Å². The van der Waals surface area contributed by atoms with E-state index in [1.165, 1.54) is 0 Å². The van der Waals surface area contributed by atoms with Gasteiger partial charge in [-0.3, -0.25) is 10.2 Å². The minimum Gasteiger partial charge on any atom is -0.456 e. The zero-order valence-electron chi connectivity index (χ0n) is 11.4. The molecule has 0 aliphatic rings. The normalized spacial score (nSPS) is 11.0. The number of rotatable bonds is 3. The van der Waals surface area contributed by atoms with Crippen LogP contribution in [0.15, 0.2) is 40.9 Å². The number of hydrazine groups is 1. The molecule has 5 nitrogen and oxygen atoms in total. The predicted octanol–water partition coefficient (Wildman–Crippen LogP) is 2.85. The lowest BCUT2D eigenvalue weighted by Crippen LogP contribution is -2.29. The van der Waals surface area contributed by atoms with Gasteiger partial charge >= 0.3 is 5.91 Å². The van der Waals surface area contributed by atoms with Crippen LogP contribution in [0, 0.1) is 6.92 Å². The Hall–Kier alpha value is -2.24. The minimum absolute atomic E-state index is 0.201. The van der Waals surface area contributed by atoms with Crippen molar-refractivity contribution in [1.82, 2.24) is 9.99 Å². The van der Waals surface area contributed by atoms with Gasteiger partial charge in [0.25, 0.3) is 0 Å². The maximum absolute atomic E-state index is 11.5. The van der Waals surface area contributed by atoms with Crippen LogP contribution in [0.4, 0.5) is 0 Å². The highest BCUT2D eigenvalue weighted by molar-refractivity contribution is 6.35. The summed E-state index contributed by atoms with van der Waals surface area (Å²) < 4.78 is 7.45. The van der Waals surface area contributed by atoms with Crippen LogP contribution in [0.1, 0.15) is 21.9 Å². The molecule has 0 bridgehead atoms. The number of carbonyl (C=O) groups excluding carboxylic acids is 1. The number of halogens is 1. The molecule has 3 aromatic rings. The van der Waals surface area contributed by atoms with Crippen LogP contribution in [0.5, 0.6) is 0 Å². The summed E-state index contributed by atoms with van der Waals surface area (Å²) in [5.41, 5.74) is 4.00. The molecule has 21 heavy (non-hydrogen) atoms. The molecule has 1 aromatic carbocycles. The largest absolute Gasteiger partial charge is 0.456 e. The van der Waals surface area contributed by atoms with Gasteiger partial charge in [0.05, 0.1) is 11.6 Å². The minimum atomic E-state index is -0.445. The summed E-state index contributed by atoms with van der Waals surface area (Å²) in [6.45, 7) is 2.39. The van der Waals surface area contributed by atoms with Gasteiger partial charge in [-0.25, -0.2) is 5.84 Å². The number of para-hydroxylation sites is 1. The van der Waals surface area contributed by atoms with E-state index in [9.17, 15) is 4.79 Å². The summed E-state index contributed by atoms with van der Waals surface area (Å²) in [6.07, 6.45) is 1.88. The van der Waals surface area contributed by atoms with Gasteiger partial charge in [-0.05, 0) is 19.1 Å². The summed E-state index contributed by atoms with van der Waals surface area (Å²) in [5.74, 6) is 5.55. The molecule has 108 valence electrons. The molecule has 0 saturated carbocycles. The van der Waals surface area contributed by atoms with Crippen molar-refractivity contribution in [2.24, 2.45) is 5.84 Å². The Morgan fingerprint density at radius 1 is 1.43 bits per heavy atom. The second-order valence-electron chi connectivity index (χ2n) is 4.79. The van der Waals surface area contributed by atoms with E-state index in [1.807, 2.05) is 42.0 Å². The second kappa shape index (κ2) is 5.27. The highest BCUT2D eigenvalue weighted by atomic mass is 35.5. The zero-order valence-corrected chi connectivity index (χ0v) is 12.1. The number of nitrogens with two attached hydrogens (primary N) is 1. The summed E-state index contributed by atoms with van der Waals surface area (Å²) in [6, 6.07) is 9.59. The van der Waals surface area contributed by atoms with Crippen molar-refractivity contribution >= 4 is 28.4 Å². The molecule has 6 heteroatoms. The van der Waals surface area contributed by atoms with Gasteiger partial charge in [0, 0.05) is 22.7 Å². The van der Waals surface area contributed by atoms with E-state index in [-0.39, 0.29) is 5.76 Å². The predicted molar refractivity (Wildman–Crippen MR) is 81.1 cm³/mol. The standard InChI is InChI=1S/C15H14ClN3O2/c1-9-10(6-14(21-9)15(20)18-17)7-19-8-12(16)11-4-2-3-5-13(11)19/h2-6,8H,7,17H2,1H3,(H,18,20). The number of carbonyl (C=O) groups is 1. The number of nitrogens with zero attached hydrogens (tertiary/aromatic N) is 1. The van der Waals surface area contributed by atoms with Crippen LogP contribution in [-0.4, -0.2) is 10.5 Å². The number of hydrogen-bond donors (Lipinski definition) is 2.